The zero-order valence-corrected chi connectivity index (χ0v) is 19.2. The molecule has 1 amide bonds. The summed E-state index contributed by atoms with van der Waals surface area (Å²) in [6.45, 7) is 5.60. The van der Waals surface area contributed by atoms with Gasteiger partial charge in [0.25, 0.3) is 5.56 Å². The van der Waals surface area contributed by atoms with E-state index in [1.165, 1.54) is 23.0 Å². The third-order valence-electron chi connectivity index (χ3n) is 6.06. The van der Waals surface area contributed by atoms with E-state index in [1.54, 1.807) is 49.1 Å². The molecule has 4 rings (SSSR count). The van der Waals surface area contributed by atoms with Crippen molar-refractivity contribution in [1.29, 1.82) is 0 Å². The lowest BCUT2D eigenvalue weighted by Gasteiger charge is -2.39. The summed E-state index contributed by atoms with van der Waals surface area (Å²) in [5, 5.41) is 10.9. The smallest absolute Gasteiger partial charge is 0.409 e. The van der Waals surface area contributed by atoms with Crippen molar-refractivity contribution >= 4 is 6.09 Å². The van der Waals surface area contributed by atoms with Crippen molar-refractivity contribution in [3.8, 4) is 5.75 Å². The minimum Gasteiger partial charge on any atom is -0.507 e. The number of piperazine rings is 1. The third kappa shape index (κ3) is 4.84. The number of hydrogen-bond acceptors (Lipinski definition) is 6. The number of ether oxygens (including phenoxy) is 1. The van der Waals surface area contributed by atoms with Gasteiger partial charge in [-0.25, -0.2) is 9.18 Å². The lowest BCUT2D eigenvalue weighted by atomic mass is 9.96. The highest BCUT2D eigenvalue weighted by Gasteiger charge is 2.33. The van der Waals surface area contributed by atoms with Gasteiger partial charge in [0.15, 0.2) is 0 Å². The van der Waals surface area contributed by atoms with Crippen LogP contribution in [0.1, 0.15) is 35.5 Å². The van der Waals surface area contributed by atoms with Gasteiger partial charge >= 0.3 is 6.09 Å². The number of nitrogens with zero attached hydrogens (tertiary/aromatic N) is 3. The van der Waals surface area contributed by atoms with E-state index in [1.807, 2.05) is 4.90 Å². The van der Waals surface area contributed by atoms with Crippen molar-refractivity contribution < 1.29 is 23.4 Å². The van der Waals surface area contributed by atoms with Crippen molar-refractivity contribution in [3.05, 3.63) is 87.5 Å². The average Bonchev–Trinajstić information content (AvgIpc) is 3.33. The van der Waals surface area contributed by atoms with Gasteiger partial charge < -0.3 is 23.7 Å². The van der Waals surface area contributed by atoms with E-state index >= 15 is 0 Å². The van der Waals surface area contributed by atoms with Crippen LogP contribution in [0.3, 0.4) is 0 Å². The van der Waals surface area contributed by atoms with Gasteiger partial charge in [0.05, 0.1) is 31.0 Å². The molecule has 2 aromatic heterocycles. The highest BCUT2D eigenvalue weighted by Crippen LogP contribution is 2.33. The fourth-order valence-corrected chi connectivity index (χ4v) is 4.39. The minimum atomic E-state index is -0.698. The third-order valence-corrected chi connectivity index (χ3v) is 6.06. The van der Waals surface area contributed by atoms with E-state index in [2.05, 4.69) is 0 Å². The first kappa shape index (κ1) is 23.6. The maximum absolute atomic E-state index is 14.2. The molecule has 34 heavy (non-hydrogen) atoms. The van der Waals surface area contributed by atoms with Crippen molar-refractivity contribution in [2.45, 2.75) is 26.4 Å². The Hall–Kier alpha value is -3.59. The second-order valence-electron chi connectivity index (χ2n) is 8.23. The Morgan fingerprint density at radius 3 is 2.59 bits per heavy atom. The predicted octanol–water partition coefficient (Wildman–Crippen LogP) is 3.51. The van der Waals surface area contributed by atoms with Crippen LogP contribution in [0.4, 0.5) is 9.18 Å². The number of aromatic hydroxyl groups is 1. The maximum Gasteiger partial charge on any atom is 0.409 e. The number of rotatable bonds is 6. The largest absolute Gasteiger partial charge is 0.507 e. The van der Waals surface area contributed by atoms with Gasteiger partial charge in [-0.3, -0.25) is 9.69 Å². The van der Waals surface area contributed by atoms with Crippen molar-refractivity contribution in [3.63, 3.8) is 0 Å². The zero-order chi connectivity index (χ0) is 24.2. The summed E-state index contributed by atoms with van der Waals surface area (Å²) in [5.41, 5.74) is 0.904. The van der Waals surface area contributed by atoms with Gasteiger partial charge in [0.2, 0.25) is 0 Å². The minimum absolute atomic E-state index is 0.153. The number of aryl methyl sites for hydroxylation is 1. The van der Waals surface area contributed by atoms with Crippen LogP contribution in [0.25, 0.3) is 0 Å². The molecule has 1 atom stereocenters. The lowest BCUT2D eigenvalue weighted by Crippen LogP contribution is -2.50. The summed E-state index contributed by atoms with van der Waals surface area (Å²) in [4.78, 5) is 29.4. The van der Waals surface area contributed by atoms with E-state index in [0.717, 1.165) is 0 Å². The first-order valence-electron chi connectivity index (χ1n) is 11.3. The number of amides is 1. The summed E-state index contributed by atoms with van der Waals surface area (Å²) >= 11 is 0. The summed E-state index contributed by atoms with van der Waals surface area (Å²) < 4.78 is 26.3. The lowest BCUT2D eigenvalue weighted by molar-refractivity contribution is 0.0709. The van der Waals surface area contributed by atoms with Crippen LogP contribution < -0.4 is 5.56 Å². The predicted molar refractivity (Wildman–Crippen MR) is 123 cm³/mol. The van der Waals surface area contributed by atoms with Gasteiger partial charge in [-0.15, -0.1) is 0 Å². The van der Waals surface area contributed by atoms with Crippen LogP contribution in [0.2, 0.25) is 0 Å². The van der Waals surface area contributed by atoms with E-state index in [-0.39, 0.29) is 36.1 Å². The Balaban J connectivity index is 1.75. The highest BCUT2D eigenvalue weighted by molar-refractivity contribution is 5.67. The Morgan fingerprint density at radius 2 is 1.94 bits per heavy atom. The molecule has 0 radical (unpaired) electrons. The molecule has 0 unspecified atom stereocenters. The molecule has 0 saturated carbocycles. The fraction of sp³-hybridized carbons (Fsp3) is 0.360. The van der Waals surface area contributed by atoms with Crippen LogP contribution in [0.5, 0.6) is 5.75 Å². The molecule has 1 fully saturated rings. The van der Waals surface area contributed by atoms with Crippen LogP contribution >= 0.6 is 0 Å². The van der Waals surface area contributed by atoms with E-state index in [0.29, 0.717) is 43.2 Å². The van der Waals surface area contributed by atoms with Gasteiger partial charge in [-0.05, 0) is 49.7 Å². The second kappa shape index (κ2) is 10.1. The molecule has 0 bridgehead atoms. The highest BCUT2D eigenvalue weighted by atomic mass is 19.1. The van der Waals surface area contributed by atoms with Crippen LogP contribution in [-0.4, -0.2) is 58.4 Å². The molecule has 9 heteroatoms. The quantitative estimate of drug-likeness (QED) is 0.595. The number of pyridine rings is 1. The molecular formula is C25H28FN3O5. The summed E-state index contributed by atoms with van der Waals surface area (Å²) in [7, 11) is 0. The Labute approximate surface area is 196 Å². The summed E-state index contributed by atoms with van der Waals surface area (Å²) in [5.74, 6) is 0.0163. The van der Waals surface area contributed by atoms with Crippen LogP contribution in [0.15, 0.2) is 57.9 Å². The normalized spacial score (nSPS) is 15.3. The molecule has 3 heterocycles. The van der Waals surface area contributed by atoms with E-state index in [9.17, 15) is 19.1 Å². The molecule has 0 spiro atoms. The van der Waals surface area contributed by atoms with E-state index in [4.69, 9.17) is 9.15 Å². The molecule has 8 nitrogen and oxygen atoms in total. The first-order valence-corrected chi connectivity index (χ1v) is 11.3. The first-order chi connectivity index (χ1) is 16.4. The van der Waals surface area contributed by atoms with Gasteiger partial charge in [0, 0.05) is 31.9 Å². The average molecular weight is 470 g/mol. The SMILES string of the molecule is CCOC(=O)N1CCN([C@H](c2cccc(F)c2)c2c(O)cc(C)n(Cc3ccco3)c2=O)CC1. The maximum atomic E-state index is 14.2. The topological polar surface area (TPSA) is 88.2 Å². The van der Waals surface area contributed by atoms with Gasteiger partial charge in [0.1, 0.15) is 17.3 Å². The number of carbonyl (C=O) groups excluding carboxylic acids is 1. The second-order valence-corrected chi connectivity index (χ2v) is 8.23. The molecule has 1 saturated heterocycles. The van der Waals surface area contributed by atoms with Crippen LogP contribution in [0, 0.1) is 12.7 Å². The van der Waals surface area contributed by atoms with Crippen molar-refractivity contribution in [2.24, 2.45) is 0 Å². The molecule has 3 aromatic rings. The van der Waals surface area contributed by atoms with Gasteiger partial charge in [-0.2, -0.15) is 0 Å². The number of benzene rings is 1. The molecule has 1 aliphatic rings. The number of furan rings is 1. The molecule has 1 aliphatic heterocycles. The van der Waals surface area contributed by atoms with Gasteiger partial charge in [-0.1, -0.05) is 12.1 Å². The van der Waals surface area contributed by atoms with Crippen LogP contribution in [-0.2, 0) is 11.3 Å². The fourth-order valence-electron chi connectivity index (χ4n) is 4.39. The summed E-state index contributed by atoms with van der Waals surface area (Å²) in [6.07, 6.45) is 1.15. The number of aromatic nitrogens is 1. The molecule has 180 valence electrons. The van der Waals surface area contributed by atoms with E-state index < -0.39 is 11.9 Å². The molecule has 1 N–H and O–H groups in total. The number of halogens is 1. The van der Waals surface area contributed by atoms with Crippen molar-refractivity contribution in [1.82, 2.24) is 14.4 Å². The summed E-state index contributed by atoms with van der Waals surface area (Å²) in [6, 6.07) is 10.4. The Bertz CT molecular complexity index is 1200. The Kier molecular flexibility index (Phi) is 7.02. The zero-order valence-electron chi connectivity index (χ0n) is 19.2. The van der Waals surface area contributed by atoms with Crippen molar-refractivity contribution in [2.75, 3.05) is 32.8 Å². The number of hydrogen-bond donors (Lipinski definition) is 1. The molecular weight excluding hydrogens is 441 g/mol. The standard InChI is InChI=1S/C25H28FN3O5/c1-3-33-25(32)28-11-9-27(10-12-28)23(18-6-4-7-19(26)15-18)22-21(30)14-17(2)29(24(22)31)16-20-8-5-13-34-20/h4-8,13-15,23,30H,3,9-12,16H2,1-2H3/t23-/m1/s1. The molecule has 1 aromatic carbocycles. The molecule has 0 aliphatic carbocycles. The Morgan fingerprint density at radius 1 is 1.18 bits per heavy atom. The number of carbonyl (C=O) groups is 1. The monoisotopic (exact) mass is 469 g/mol.